The Bertz CT molecular complexity index is 629. The zero-order chi connectivity index (χ0) is 20.9. The first-order valence-electron chi connectivity index (χ1n) is 9.99. The fourth-order valence-electron chi connectivity index (χ4n) is 2.93. The Hall–Kier alpha value is -1.64. The lowest BCUT2D eigenvalue weighted by atomic mass is 10.0. The summed E-state index contributed by atoms with van der Waals surface area (Å²) in [4.78, 5) is 4.44. The van der Waals surface area contributed by atoms with E-state index in [0.717, 1.165) is 39.1 Å². The summed E-state index contributed by atoms with van der Waals surface area (Å²) in [5.41, 5.74) is 0.495. The molecule has 0 saturated carbocycles. The number of halogens is 3. The van der Waals surface area contributed by atoms with Crippen molar-refractivity contribution in [2.24, 2.45) is 10.9 Å². The number of ether oxygens (including phenoxy) is 3. The molecule has 1 aliphatic rings. The average molecular weight is 434 g/mol. The highest BCUT2D eigenvalue weighted by Crippen LogP contribution is 2.25. The number of benzene rings is 1. The number of nitrogens with one attached hydrogen (secondary N) is 2. The van der Waals surface area contributed by atoms with Crippen molar-refractivity contribution in [2.45, 2.75) is 39.3 Å². The van der Waals surface area contributed by atoms with E-state index in [1.807, 2.05) is 6.92 Å². The summed E-state index contributed by atoms with van der Waals surface area (Å²) in [7, 11) is 0. The molecule has 0 spiro atoms. The highest BCUT2D eigenvalue weighted by molar-refractivity contribution is 6.30. The molecule has 0 aliphatic carbocycles. The molecule has 1 heterocycles. The van der Waals surface area contributed by atoms with Crippen molar-refractivity contribution in [3.8, 4) is 5.75 Å². The highest BCUT2D eigenvalue weighted by Gasteiger charge is 2.13. The molecule has 0 unspecified atom stereocenters. The summed E-state index contributed by atoms with van der Waals surface area (Å²) in [6.45, 7) is 3.70. The van der Waals surface area contributed by atoms with Crippen molar-refractivity contribution >= 4 is 17.6 Å². The van der Waals surface area contributed by atoms with E-state index >= 15 is 0 Å². The van der Waals surface area contributed by atoms with Crippen molar-refractivity contribution < 1.29 is 23.0 Å². The molecule has 2 rings (SSSR count). The van der Waals surface area contributed by atoms with Crippen molar-refractivity contribution in [1.29, 1.82) is 0 Å². The molecular formula is C20H30ClF2N3O3. The largest absolute Gasteiger partial charge is 0.434 e. The van der Waals surface area contributed by atoms with E-state index in [1.165, 1.54) is 12.1 Å². The van der Waals surface area contributed by atoms with Gasteiger partial charge >= 0.3 is 6.61 Å². The van der Waals surface area contributed by atoms with Crippen LogP contribution < -0.4 is 15.4 Å². The van der Waals surface area contributed by atoms with Crippen molar-refractivity contribution in [2.75, 3.05) is 39.5 Å². The number of hydrogen-bond acceptors (Lipinski definition) is 4. The topological polar surface area (TPSA) is 64.1 Å². The lowest BCUT2D eigenvalue weighted by Crippen LogP contribution is -2.38. The number of guanidine groups is 1. The first-order chi connectivity index (χ1) is 14.1. The van der Waals surface area contributed by atoms with Crippen LogP contribution in [0, 0.1) is 5.92 Å². The van der Waals surface area contributed by atoms with Gasteiger partial charge in [0, 0.05) is 50.1 Å². The van der Waals surface area contributed by atoms with E-state index in [-0.39, 0.29) is 12.3 Å². The minimum absolute atomic E-state index is 0.0745. The molecule has 1 aromatic carbocycles. The second-order valence-electron chi connectivity index (χ2n) is 6.74. The van der Waals surface area contributed by atoms with E-state index < -0.39 is 6.61 Å². The zero-order valence-corrected chi connectivity index (χ0v) is 17.5. The first kappa shape index (κ1) is 23.6. The van der Waals surface area contributed by atoms with E-state index in [0.29, 0.717) is 42.2 Å². The van der Waals surface area contributed by atoms with Crippen LogP contribution in [0.4, 0.5) is 8.78 Å². The van der Waals surface area contributed by atoms with Crippen LogP contribution in [0.1, 0.15) is 31.7 Å². The van der Waals surface area contributed by atoms with Gasteiger partial charge in [-0.3, -0.25) is 0 Å². The van der Waals surface area contributed by atoms with Gasteiger partial charge in [0.1, 0.15) is 5.75 Å². The molecule has 29 heavy (non-hydrogen) atoms. The molecule has 0 atom stereocenters. The smallest absolute Gasteiger partial charge is 0.387 e. The van der Waals surface area contributed by atoms with Crippen molar-refractivity contribution in [3.05, 3.63) is 28.8 Å². The molecule has 1 aliphatic heterocycles. The minimum atomic E-state index is -2.90. The molecule has 0 radical (unpaired) electrons. The van der Waals surface area contributed by atoms with Crippen molar-refractivity contribution in [3.63, 3.8) is 0 Å². The third kappa shape index (κ3) is 9.60. The van der Waals surface area contributed by atoms with Crippen LogP contribution in [0.5, 0.6) is 5.75 Å². The lowest BCUT2D eigenvalue weighted by Gasteiger charge is -2.21. The number of aliphatic imine (C=N–C) groups is 1. The Labute approximate surface area is 176 Å². The van der Waals surface area contributed by atoms with Crippen molar-refractivity contribution in [1.82, 2.24) is 10.6 Å². The Morgan fingerprint density at radius 2 is 2.10 bits per heavy atom. The standard InChI is InChI=1S/C20H30ClF2N3O3/c1-2-24-20(25-8-3-9-28-14-15-6-10-27-11-7-15)26-13-16-12-17(21)4-5-18(16)29-19(22)23/h4-5,12,15,19H,2-3,6-11,13-14H2,1H3,(H2,24,25,26). The monoisotopic (exact) mass is 433 g/mol. The lowest BCUT2D eigenvalue weighted by molar-refractivity contribution is -0.0504. The molecule has 1 fully saturated rings. The fourth-order valence-corrected chi connectivity index (χ4v) is 3.13. The number of alkyl halides is 2. The van der Waals surface area contributed by atoms with Gasteiger partial charge in [0.15, 0.2) is 5.96 Å². The maximum absolute atomic E-state index is 12.6. The molecule has 9 heteroatoms. The molecule has 164 valence electrons. The number of nitrogens with zero attached hydrogens (tertiary/aromatic N) is 1. The van der Waals surface area contributed by atoms with E-state index in [1.54, 1.807) is 6.07 Å². The van der Waals surface area contributed by atoms with Crippen LogP contribution in [0.25, 0.3) is 0 Å². The summed E-state index contributed by atoms with van der Waals surface area (Å²) in [5.74, 6) is 1.27. The normalized spacial score (nSPS) is 15.6. The van der Waals surface area contributed by atoms with Gasteiger partial charge in [-0.2, -0.15) is 8.78 Å². The molecule has 0 aromatic heterocycles. The van der Waals surface area contributed by atoms with Gasteiger partial charge in [0.2, 0.25) is 0 Å². The maximum atomic E-state index is 12.6. The van der Waals surface area contributed by atoms with Gasteiger partial charge in [-0.1, -0.05) is 11.6 Å². The molecule has 1 aromatic rings. The highest BCUT2D eigenvalue weighted by atomic mass is 35.5. The summed E-state index contributed by atoms with van der Waals surface area (Å²) in [6.07, 6.45) is 2.97. The Morgan fingerprint density at radius 3 is 2.83 bits per heavy atom. The molecule has 1 saturated heterocycles. The second-order valence-corrected chi connectivity index (χ2v) is 7.17. The molecule has 6 nitrogen and oxygen atoms in total. The summed E-state index contributed by atoms with van der Waals surface area (Å²) >= 11 is 5.97. The van der Waals surface area contributed by atoms with Gasteiger partial charge in [-0.05, 0) is 50.3 Å². The minimum Gasteiger partial charge on any atom is -0.434 e. The van der Waals surface area contributed by atoms with E-state index in [4.69, 9.17) is 21.1 Å². The average Bonchev–Trinajstić information content (AvgIpc) is 2.70. The van der Waals surface area contributed by atoms with Gasteiger partial charge in [0.05, 0.1) is 6.54 Å². The second kappa shape index (κ2) is 13.6. The Morgan fingerprint density at radius 1 is 1.31 bits per heavy atom. The van der Waals surface area contributed by atoms with E-state index in [2.05, 4.69) is 20.4 Å². The van der Waals surface area contributed by atoms with Gasteiger partial charge < -0.3 is 24.8 Å². The van der Waals surface area contributed by atoms with Crippen LogP contribution in [0.2, 0.25) is 5.02 Å². The van der Waals surface area contributed by atoms with Crippen LogP contribution in [-0.2, 0) is 16.0 Å². The third-order valence-corrected chi connectivity index (χ3v) is 4.68. The predicted molar refractivity (Wildman–Crippen MR) is 110 cm³/mol. The molecule has 0 bridgehead atoms. The Balaban J connectivity index is 1.76. The fraction of sp³-hybridized carbons (Fsp3) is 0.650. The van der Waals surface area contributed by atoms with Gasteiger partial charge in [-0.25, -0.2) is 4.99 Å². The Kier molecular flexibility index (Phi) is 11.1. The predicted octanol–water partition coefficient (Wildman–Crippen LogP) is 3.83. The number of hydrogen-bond donors (Lipinski definition) is 2. The summed E-state index contributed by atoms with van der Waals surface area (Å²) < 4.78 is 40.8. The quantitative estimate of drug-likeness (QED) is 0.315. The zero-order valence-electron chi connectivity index (χ0n) is 16.8. The van der Waals surface area contributed by atoms with Gasteiger partial charge in [0.25, 0.3) is 0 Å². The van der Waals surface area contributed by atoms with Crippen LogP contribution in [0.15, 0.2) is 23.2 Å². The molecular weight excluding hydrogens is 404 g/mol. The van der Waals surface area contributed by atoms with Crippen LogP contribution in [0.3, 0.4) is 0 Å². The van der Waals surface area contributed by atoms with E-state index in [9.17, 15) is 8.78 Å². The summed E-state index contributed by atoms with van der Waals surface area (Å²) in [5, 5.41) is 6.79. The number of rotatable bonds is 11. The maximum Gasteiger partial charge on any atom is 0.387 e. The molecule has 0 amide bonds. The molecule has 2 N–H and O–H groups in total. The third-order valence-electron chi connectivity index (χ3n) is 4.44. The van der Waals surface area contributed by atoms with Crippen LogP contribution in [-0.4, -0.2) is 52.1 Å². The van der Waals surface area contributed by atoms with Gasteiger partial charge in [-0.15, -0.1) is 0 Å². The SMILES string of the molecule is CCNC(=NCc1cc(Cl)ccc1OC(F)F)NCCCOCC1CCOCC1. The first-order valence-corrected chi connectivity index (χ1v) is 10.4. The summed E-state index contributed by atoms with van der Waals surface area (Å²) in [6, 6.07) is 4.52. The van der Waals surface area contributed by atoms with Crippen LogP contribution >= 0.6 is 11.6 Å².